The summed E-state index contributed by atoms with van der Waals surface area (Å²) >= 11 is 0. The molecule has 246 valence electrons. The fourth-order valence-corrected chi connectivity index (χ4v) is 13.0. The Bertz CT molecular complexity index is 1530. The molecular formula is C41H52O5. The van der Waals surface area contributed by atoms with Crippen LogP contribution >= 0.6 is 0 Å². The maximum atomic E-state index is 14.0. The minimum Gasteiger partial charge on any atom is -0.508 e. The number of aliphatic hydroxyl groups is 2. The molecule has 5 fully saturated rings. The standard InChI is InChI=1S/C41H52O5/c1-5-41(45)17-14-33-29-9-6-24-18-23(2)19-34(38(24)31(29)13-16-40(33,41)4)46-36(44)22-26-21-27(42)20-25-7-8-28-30(37(25)26)12-15-39(3)32(28)10-11-35(39)43/h1,18,20-21,28-35,38,42-43,45H,2,6-17,19,22H2,3-4H3/t28-,29?,30+,31?,32+,33?,34?,35+,38?,39+,40?,41?/m1/s1. The van der Waals surface area contributed by atoms with Crippen LogP contribution in [0.2, 0.25) is 0 Å². The first-order valence-electron chi connectivity index (χ1n) is 18.3. The van der Waals surface area contributed by atoms with Gasteiger partial charge in [0.05, 0.1) is 12.5 Å². The topological polar surface area (TPSA) is 87.0 Å². The molecule has 7 unspecified atom stereocenters. The van der Waals surface area contributed by atoms with Crippen LogP contribution in [0.5, 0.6) is 5.75 Å². The molecule has 7 aliphatic carbocycles. The van der Waals surface area contributed by atoms with Gasteiger partial charge in [0.1, 0.15) is 17.5 Å². The van der Waals surface area contributed by atoms with E-state index in [1.807, 2.05) is 12.1 Å². The number of aliphatic hydroxyl groups excluding tert-OH is 1. The molecule has 0 spiro atoms. The highest BCUT2D eigenvalue weighted by Gasteiger charge is 2.63. The number of allylic oxidation sites excluding steroid dienone is 1. The molecule has 0 amide bonds. The van der Waals surface area contributed by atoms with Gasteiger partial charge in [-0.1, -0.05) is 43.6 Å². The average molecular weight is 625 g/mol. The van der Waals surface area contributed by atoms with Gasteiger partial charge >= 0.3 is 5.97 Å². The SMILES string of the molecule is C#CC1(O)CCC2C3CCC4=CC(=C)CC(OC(=O)Cc5cc(O)cc6c5[C@H]5CC[C@]7(C)[C@@H](O)CC[C@H]7[C@@H]5CC6)C4C3CCC21C. The van der Waals surface area contributed by atoms with E-state index in [1.54, 1.807) is 0 Å². The lowest BCUT2D eigenvalue weighted by Crippen LogP contribution is -2.53. The van der Waals surface area contributed by atoms with Crippen molar-refractivity contribution in [2.75, 3.05) is 0 Å². The number of hydrogen-bond donors (Lipinski definition) is 3. The molecule has 1 aromatic rings. The number of carbonyl (C=O) groups is 1. The first-order chi connectivity index (χ1) is 22.0. The van der Waals surface area contributed by atoms with Gasteiger partial charge in [-0.3, -0.25) is 4.79 Å². The quantitative estimate of drug-likeness (QED) is 0.245. The first kappa shape index (κ1) is 30.8. The third kappa shape index (κ3) is 4.38. The Labute approximate surface area is 274 Å². The number of ether oxygens (including phenoxy) is 1. The molecule has 46 heavy (non-hydrogen) atoms. The van der Waals surface area contributed by atoms with Crippen LogP contribution in [0.3, 0.4) is 0 Å². The highest BCUT2D eigenvalue weighted by atomic mass is 16.5. The van der Waals surface area contributed by atoms with Gasteiger partial charge in [-0.2, -0.15) is 0 Å². The Morgan fingerprint density at radius 2 is 1.80 bits per heavy atom. The number of aromatic hydroxyl groups is 1. The first-order valence-corrected chi connectivity index (χ1v) is 18.3. The second-order valence-corrected chi connectivity index (χ2v) is 17.0. The number of esters is 1. The highest BCUT2D eigenvalue weighted by molar-refractivity contribution is 5.74. The molecule has 7 aliphatic rings. The predicted octanol–water partition coefficient (Wildman–Crippen LogP) is 7.17. The second-order valence-electron chi connectivity index (χ2n) is 17.0. The van der Waals surface area contributed by atoms with Crippen molar-refractivity contribution in [1.82, 2.24) is 0 Å². The van der Waals surface area contributed by atoms with Crippen molar-refractivity contribution in [1.29, 1.82) is 0 Å². The zero-order valence-corrected chi connectivity index (χ0v) is 27.8. The molecule has 12 atom stereocenters. The Kier molecular flexibility index (Phi) is 7.17. The Morgan fingerprint density at radius 1 is 1.00 bits per heavy atom. The fourth-order valence-electron chi connectivity index (χ4n) is 13.0. The fraction of sp³-hybridized carbons (Fsp3) is 0.683. The molecule has 0 aromatic heterocycles. The summed E-state index contributed by atoms with van der Waals surface area (Å²) in [7, 11) is 0. The molecule has 0 heterocycles. The third-order valence-electron chi connectivity index (χ3n) is 15.3. The van der Waals surface area contributed by atoms with Crippen molar-refractivity contribution < 1.29 is 24.9 Å². The summed E-state index contributed by atoms with van der Waals surface area (Å²) in [6, 6.07) is 3.74. The molecule has 0 bridgehead atoms. The zero-order valence-electron chi connectivity index (χ0n) is 27.8. The van der Waals surface area contributed by atoms with E-state index in [2.05, 4.69) is 32.4 Å². The van der Waals surface area contributed by atoms with E-state index in [0.717, 1.165) is 81.8 Å². The van der Waals surface area contributed by atoms with Gasteiger partial charge in [-0.15, -0.1) is 6.42 Å². The summed E-state index contributed by atoms with van der Waals surface area (Å²) in [6.45, 7) is 8.83. The molecule has 0 radical (unpaired) electrons. The zero-order chi connectivity index (χ0) is 32.2. The van der Waals surface area contributed by atoms with Crippen molar-refractivity contribution in [3.8, 4) is 18.1 Å². The summed E-state index contributed by atoms with van der Waals surface area (Å²) in [5.41, 5.74) is 4.51. The lowest BCUT2D eigenvalue weighted by Gasteiger charge is -2.55. The van der Waals surface area contributed by atoms with E-state index in [9.17, 15) is 20.1 Å². The van der Waals surface area contributed by atoms with Gasteiger partial charge in [-0.25, -0.2) is 0 Å². The van der Waals surface area contributed by atoms with Crippen molar-refractivity contribution in [2.45, 2.75) is 127 Å². The molecule has 8 rings (SSSR count). The normalized spacial score (nSPS) is 45.6. The lowest BCUT2D eigenvalue weighted by molar-refractivity contribution is -0.155. The van der Waals surface area contributed by atoms with E-state index in [4.69, 9.17) is 11.2 Å². The Balaban J connectivity index is 1.04. The molecule has 5 heteroatoms. The van der Waals surface area contributed by atoms with Gasteiger partial charge in [-0.05, 0) is 147 Å². The van der Waals surface area contributed by atoms with Gasteiger partial charge in [0.2, 0.25) is 0 Å². The van der Waals surface area contributed by atoms with E-state index >= 15 is 0 Å². The van der Waals surface area contributed by atoms with Gasteiger partial charge in [0.15, 0.2) is 0 Å². The molecule has 1 aromatic carbocycles. The van der Waals surface area contributed by atoms with Gasteiger partial charge in [0.25, 0.3) is 0 Å². The molecule has 3 N–H and O–H groups in total. The molecule has 5 nitrogen and oxygen atoms in total. The van der Waals surface area contributed by atoms with Crippen molar-refractivity contribution >= 4 is 5.97 Å². The van der Waals surface area contributed by atoms with Gasteiger partial charge < -0.3 is 20.1 Å². The van der Waals surface area contributed by atoms with Crippen LogP contribution in [-0.4, -0.2) is 39.1 Å². The number of hydrogen-bond acceptors (Lipinski definition) is 5. The lowest BCUT2D eigenvalue weighted by atomic mass is 9.50. The van der Waals surface area contributed by atoms with Crippen LogP contribution in [-0.2, 0) is 22.4 Å². The largest absolute Gasteiger partial charge is 0.508 e. The molecular weight excluding hydrogens is 572 g/mol. The van der Waals surface area contributed by atoms with E-state index in [-0.39, 0.29) is 47.1 Å². The van der Waals surface area contributed by atoms with Crippen LogP contribution in [0.1, 0.15) is 114 Å². The predicted molar refractivity (Wildman–Crippen MR) is 178 cm³/mol. The summed E-state index contributed by atoms with van der Waals surface area (Å²) < 4.78 is 6.51. The monoisotopic (exact) mass is 624 g/mol. The van der Waals surface area contributed by atoms with Crippen LogP contribution in [0.15, 0.2) is 35.9 Å². The number of aryl methyl sites for hydroxylation is 1. The van der Waals surface area contributed by atoms with Crippen LogP contribution in [0.4, 0.5) is 0 Å². The molecule has 5 saturated carbocycles. The number of terminal acetylenes is 1. The number of carbonyl (C=O) groups excluding carboxylic acids is 1. The van der Waals surface area contributed by atoms with Crippen LogP contribution < -0.4 is 0 Å². The number of phenols is 1. The summed E-state index contributed by atoms with van der Waals surface area (Å²) in [5, 5.41) is 33.0. The van der Waals surface area contributed by atoms with Crippen LogP contribution in [0.25, 0.3) is 0 Å². The summed E-state index contributed by atoms with van der Waals surface area (Å²) in [6.07, 6.45) is 20.2. The van der Waals surface area contributed by atoms with Crippen molar-refractivity contribution in [3.63, 3.8) is 0 Å². The van der Waals surface area contributed by atoms with Crippen molar-refractivity contribution in [2.24, 2.45) is 46.3 Å². The second kappa shape index (κ2) is 10.7. The van der Waals surface area contributed by atoms with E-state index in [1.165, 1.54) is 16.7 Å². The minimum atomic E-state index is -1.03. The van der Waals surface area contributed by atoms with E-state index in [0.29, 0.717) is 48.3 Å². The van der Waals surface area contributed by atoms with Crippen molar-refractivity contribution in [3.05, 3.63) is 52.6 Å². The highest BCUT2D eigenvalue weighted by Crippen LogP contribution is 2.65. The number of fused-ring (bicyclic) bond motifs is 10. The van der Waals surface area contributed by atoms with Crippen LogP contribution in [0, 0.1) is 58.7 Å². The smallest absolute Gasteiger partial charge is 0.310 e. The summed E-state index contributed by atoms with van der Waals surface area (Å²) in [5.74, 6) is 5.65. The number of benzene rings is 1. The minimum absolute atomic E-state index is 0.00427. The number of rotatable bonds is 3. The maximum absolute atomic E-state index is 14.0. The van der Waals surface area contributed by atoms with E-state index < -0.39 is 5.60 Å². The number of phenolic OH excluding ortho intramolecular Hbond substituents is 1. The Morgan fingerprint density at radius 3 is 2.61 bits per heavy atom. The Hall–Kier alpha value is -2.55. The third-order valence-corrected chi connectivity index (χ3v) is 15.3. The van der Waals surface area contributed by atoms with Gasteiger partial charge in [0, 0.05) is 17.8 Å². The molecule has 0 aliphatic heterocycles. The summed E-state index contributed by atoms with van der Waals surface area (Å²) in [4.78, 5) is 14.0. The maximum Gasteiger partial charge on any atom is 0.310 e. The molecule has 0 saturated heterocycles. The average Bonchev–Trinajstić information content (AvgIpc) is 3.48.